The molecule has 1 saturated heterocycles. The molecule has 0 bridgehead atoms. The Morgan fingerprint density at radius 1 is 1.12 bits per heavy atom. The fraction of sp³-hybridized carbons (Fsp3) is 0.368. The van der Waals surface area contributed by atoms with Crippen LogP contribution in [0.1, 0.15) is 29.0 Å². The molecule has 1 aromatic carbocycles. The molecule has 0 radical (unpaired) electrons. The van der Waals surface area contributed by atoms with Gasteiger partial charge in [-0.05, 0) is 37.8 Å². The quantitative estimate of drug-likeness (QED) is 0.738. The average Bonchev–Trinajstić information content (AvgIpc) is 3.06. The first-order valence-electron chi connectivity index (χ1n) is 8.68. The van der Waals surface area contributed by atoms with Crippen LogP contribution in [0.4, 0.5) is 0 Å². The maximum atomic E-state index is 12.5. The van der Waals surface area contributed by atoms with E-state index < -0.39 is 0 Å². The summed E-state index contributed by atoms with van der Waals surface area (Å²) < 4.78 is 2.23. The molecule has 4 rings (SSSR count). The van der Waals surface area contributed by atoms with Crippen LogP contribution in [-0.4, -0.2) is 43.4 Å². The van der Waals surface area contributed by atoms with Crippen molar-refractivity contribution in [1.29, 1.82) is 0 Å². The molecule has 1 fully saturated rings. The summed E-state index contributed by atoms with van der Waals surface area (Å²) in [6.07, 6.45) is 7.13. The van der Waals surface area contributed by atoms with Crippen LogP contribution in [0.5, 0.6) is 0 Å². The topological polar surface area (TPSA) is 63.9 Å². The zero-order chi connectivity index (χ0) is 17.2. The van der Waals surface area contributed by atoms with Gasteiger partial charge in [-0.1, -0.05) is 12.1 Å². The van der Waals surface area contributed by atoms with E-state index in [2.05, 4.69) is 25.6 Å². The predicted octanol–water partition coefficient (Wildman–Crippen LogP) is 2.69. The molecule has 0 unspecified atom stereocenters. The van der Waals surface area contributed by atoms with Crippen molar-refractivity contribution >= 4 is 16.9 Å². The smallest absolute Gasteiger partial charge is 0.274 e. The van der Waals surface area contributed by atoms with Crippen LogP contribution < -0.4 is 0 Å². The summed E-state index contributed by atoms with van der Waals surface area (Å²) in [5.41, 5.74) is 3.47. The molecule has 0 spiro atoms. The minimum Gasteiger partial charge on any atom is -0.337 e. The number of aryl methyl sites for hydroxylation is 1. The third kappa shape index (κ3) is 3.24. The highest BCUT2D eigenvalue weighted by Crippen LogP contribution is 2.22. The fourth-order valence-electron chi connectivity index (χ4n) is 3.42. The molecule has 6 nitrogen and oxygen atoms in total. The zero-order valence-electron chi connectivity index (χ0n) is 14.3. The van der Waals surface area contributed by atoms with E-state index >= 15 is 0 Å². The van der Waals surface area contributed by atoms with E-state index in [4.69, 9.17) is 0 Å². The molecule has 1 amide bonds. The van der Waals surface area contributed by atoms with Gasteiger partial charge in [0, 0.05) is 25.8 Å². The number of carbonyl (C=O) groups is 1. The van der Waals surface area contributed by atoms with E-state index in [1.807, 2.05) is 36.4 Å². The van der Waals surface area contributed by atoms with Gasteiger partial charge in [-0.15, -0.1) is 0 Å². The predicted molar refractivity (Wildman–Crippen MR) is 95.1 cm³/mol. The molecule has 3 aromatic rings. The summed E-state index contributed by atoms with van der Waals surface area (Å²) in [5.74, 6) is 0.546. The Labute approximate surface area is 146 Å². The number of carbonyl (C=O) groups excluding carboxylic acids is 1. The molecule has 3 heterocycles. The van der Waals surface area contributed by atoms with Crippen LogP contribution in [0.15, 0.2) is 43.0 Å². The summed E-state index contributed by atoms with van der Waals surface area (Å²) in [6.45, 7) is 4.36. The lowest BCUT2D eigenvalue weighted by atomic mass is 9.96. The number of fused-ring (bicyclic) bond motifs is 1. The Kier molecular flexibility index (Phi) is 4.17. The SMILES string of the molecule is Cc1cnc(C(=O)N2CCC(Cn3cnc4ccccc43)CC2)cn1. The molecular formula is C19H21N5O. The van der Waals surface area contributed by atoms with Crippen molar-refractivity contribution in [2.45, 2.75) is 26.3 Å². The largest absolute Gasteiger partial charge is 0.337 e. The lowest BCUT2D eigenvalue weighted by Crippen LogP contribution is -2.39. The third-order valence-corrected chi connectivity index (χ3v) is 4.88. The molecule has 0 N–H and O–H groups in total. The lowest BCUT2D eigenvalue weighted by molar-refractivity contribution is 0.0677. The van der Waals surface area contributed by atoms with Gasteiger partial charge >= 0.3 is 0 Å². The van der Waals surface area contributed by atoms with Crippen LogP contribution in [-0.2, 0) is 6.54 Å². The standard InChI is InChI=1S/C19H21N5O/c1-14-10-21-17(11-20-14)19(25)23-8-6-15(7-9-23)12-24-13-22-16-4-2-3-5-18(16)24/h2-5,10-11,13,15H,6-9,12H2,1H3. The van der Waals surface area contributed by atoms with Crippen LogP contribution in [0.25, 0.3) is 11.0 Å². The number of benzene rings is 1. The van der Waals surface area contributed by atoms with Crippen molar-refractivity contribution in [3.05, 3.63) is 54.4 Å². The van der Waals surface area contributed by atoms with Crippen molar-refractivity contribution in [3.8, 4) is 0 Å². The van der Waals surface area contributed by atoms with Crippen molar-refractivity contribution < 1.29 is 4.79 Å². The van der Waals surface area contributed by atoms with Crippen molar-refractivity contribution in [1.82, 2.24) is 24.4 Å². The second-order valence-electron chi connectivity index (χ2n) is 6.66. The van der Waals surface area contributed by atoms with Crippen LogP contribution in [0.2, 0.25) is 0 Å². The van der Waals surface area contributed by atoms with Gasteiger partial charge in [-0.25, -0.2) is 9.97 Å². The van der Waals surface area contributed by atoms with Gasteiger partial charge in [0.1, 0.15) is 5.69 Å². The average molecular weight is 335 g/mol. The number of likely N-dealkylation sites (tertiary alicyclic amines) is 1. The van der Waals surface area contributed by atoms with E-state index in [9.17, 15) is 4.79 Å². The number of para-hydroxylation sites is 2. The number of aromatic nitrogens is 4. The molecule has 0 atom stereocenters. The van der Waals surface area contributed by atoms with Crippen molar-refractivity contribution in [2.24, 2.45) is 5.92 Å². The first kappa shape index (κ1) is 15.7. The monoisotopic (exact) mass is 335 g/mol. The maximum absolute atomic E-state index is 12.5. The Balaban J connectivity index is 1.38. The molecule has 0 aliphatic carbocycles. The van der Waals surface area contributed by atoms with E-state index in [1.54, 1.807) is 12.4 Å². The second-order valence-corrected chi connectivity index (χ2v) is 6.66. The van der Waals surface area contributed by atoms with E-state index in [0.29, 0.717) is 11.6 Å². The van der Waals surface area contributed by atoms with Gasteiger partial charge in [-0.3, -0.25) is 9.78 Å². The normalized spacial score (nSPS) is 15.6. The Morgan fingerprint density at radius 2 is 1.92 bits per heavy atom. The van der Waals surface area contributed by atoms with Gasteiger partial charge in [0.2, 0.25) is 0 Å². The summed E-state index contributed by atoms with van der Waals surface area (Å²) in [7, 11) is 0. The molecule has 1 aliphatic rings. The highest BCUT2D eigenvalue weighted by atomic mass is 16.2. The zero-order valence-corrected chi connectivity index (χ0v) is 14.3. The highest BCUT2D eigenvalue weighted by Gasteiger charge is 2.25. The first-order valence-corrected chi connectivity index (χ1v) is 8.68. The Morgan fingerprint density at radius 3 is 2.68 bits per heavy atom. The minimum absolute atomic E-state index is 0.0148. The van der Waals surface area contributed by atoms with Crippen molar-refractivity contribution in [3.63, 3.8) is 0 Å². The Bertz CT molecular complexity index is 878. The van der Waals surface area contributed by atoms with Crippen LogP contribution >= 0.6 is 0 Å². The van der Waals surface area contributed by atoms with E-state index in [0.717, 1.165) is 43.7 Å². The number of rotatable bonds is 3. The molecule has 25 heavy (non-hydrogen) atoms. The molecular weight excluding hydrogens is 314 g/mol. The van der Waals surface area contributed by atoms with Crippen molar-refractivity contribution in [2.75, 3.05) is 13.1 Å². The highest BCUT2D eigenvalue weighted by molar-refractivity contribution is 5.92. The molecule has 1 aliphatic heterocycles. The van der Waals surface area contributed by atoms with Gasteiger partial charge in [-0.2, -0.15) is 0 Å². The third-order valence-electron chi connectivity index (χ3n) is 4.88. The number of piperidine rings is 1. The number of hydrogen-bond acceptors (Lipinski definition) is 4. The molecule has 6 heteroatoms. The summed E-state index contributed by atoms with van der Waals surface area (Å²) in [6, 6.07) is 8.20. The summed E-state index contributed by atoms with van der Waals surface area (Å²) >= 11 is 0. The molecule has 128 valence electrons. The second kappa shape index (κ2) is 6.63. The van der Waals surface area contributed by atoms with Gasteiger partial charge < -0.3 is 9.47 Å². The number of imidazole rings is 1. The van der Waals surface area contributed by atoms with Crippen LogP contribution in [0.3, 0.4) is 0 Å². The first-order chi connectivity index (χ1) is 12.2. The molecule has 2 aromatic heterocycles. The number of nitrogens with zero attached hydrogens (tertiary/aromatic N) is 5. The van der Waals surface area contributed by atoms with E-state index in [-0.39, 0.29) is 5.91 Å². The summed E-state index contributed by atoms with van der Waals surface area (Å²) in [5, 5.41) is 0. The van der Waals surface area contributed by atoms with Gasteiger partial charge in [0.25, 0.3) is 5.91 Å². The van der Waals surface area contributed by atoms with Gasteiger partial charge in [0.05, 0.1) is 29.3 Å². The summed E-state index contributed by atoms with van der Waals surface area (Å²) in [4.78, 5) is 27.2. The number of hydrogen-bond donors (Lipinski definition) is 0. The molecule has 0 saturated carbocycles. The maximum Gasteiger partial charge on any atom is 0.274 e. The fourth-order valence-corrected chi connectivity index (χ4v) is 3.42. The van der Waals surface area contributed by atoms with Crippen LogP contribution in [0, 0.1) is 12.8 Å². The van der Waals surface area contributed by atoms with Gasteiger partial charge in [0.15, 0.2) is 0 Å². The lowest BCUT2D eigenvalue weighted by Gasteiger charge is -2.32. The van der Waals surface area contributed by atoms with E-state index in [1.165, 1.54) is 5.52 Å². The minimum atomic E-state index is -0.0148. The number of amides is 1. The Hall–Kier alpha value is -2.76.